The highest BCUT2D eigenvalue weighted by Crippen LogP contribution is 2.14. The van der Waals surface area contributed by atoms with E-state index in [1.54, 1.807) is 12.3 Å². The lowest BCUT2D eigenvalue weighted by molar-refractivity contribution is 0.239. The normalized spacial score (nSPS) is 21.2. The summed E-state index contributed by atoms with van der Waals surface area (Å²) in [6.45, 7) is 1.82. The summed E-state index contributed by atoms with van der Waals surface area (Å²) >= 11 is 0. The van der Waals surface area contributed by atoms with Gasteiger partial charge in [0.05, 0.1) is 0 Å². The number of nitrogens with zero attached hydrogens (tertiary/aromatic N) is 1. The highest BCUT2D eigenvalue weighted by Gasteiger charge is 2.12. The Labute approximate surface area is 89.8 Å². The number of hydrogen-bond donors (Lipinski definition) is 2. The molecule has 1 fully saturated rings. The second-order valence-electron chi connectivity index (χ2n) is 3.87. The molecule has 0 aromatic carbocycles. The average molecular weight is 207 g/mol. The minimum Gasteiger partial charge on any atom is -0.492 e. The largest absolute Gasteiger partial charge is 0.492 e. The summed E-state index contributed by atoms with van der Waals surface area (Å²) in [5.74, 6) is 1.30. The van der Waals surface area contributed by atoms with E-state index in [2.05, 4.69) is 10.3 Å². The van der Waals surface area contributed by atoms with Crippen LogP contribution in [0.2, 0.25) is 0 Å². The monoisotopic (exact) mass is 207 g/mol. The van der Waals surface area contributed by atoms with Crippen molar-refractivity contribution in [2.24, 2.45) is 0 Å². The molecule has 2 heterocycles. The van der Waals surface area contributed by atoms with Gasteiger partial charge in [0.1, 0.15) is 18.2 Å². The summed E-state index contributed by atoms with van der Waals surface area (Å²) in [4.78, 5) is 3.92. The average Bonchev–Trinajstić information content (AvgIpc) is 2.28. The molecule has 0 bridgehead atoms. The number of hydrogen-bond acceptors (Lipinski definition) is 4. The van der Waals surface area contributed by atoms with Crippen molar-refractivity contribution < 1.29 is 4.74 Å². The van der Waals surface area contributed by atoms with Crippen molar-refractivity contribution in [3.8, 4) is 5.75 Å². The zero-order chi connectivity index (χ0) is 10.5. The molecule has 1 atom stereocenters. The van der Waals surface area contributed by atoms with Crippen molar-refractivity contribution >= 4 is 5.82 Å². The lowest BCUT2D eigenvalue weighted by Crippen LogP contribution is -2.38. The molecule has 4 nitrogen and oxygen atoms in total. The third-order valence-electron chi connectivity index (χ3n) is 2.62. The molecule has 1 aliphatic heterocycles. The molecule has 2 rings (SSSR count). The van der Waals surface area contributed by atoms with Gasteiger partial charge in [0.15, 0.2) is 0 Å². The molecular formula is C11H17N3O. The fourth-order valence-corrected chi connectivity index (χ4v) is 1.78. The van der Waals surface area contributed by atoms with Gasteiger partial charge in [-0.15, -0.1) is 0 Å². The second kappa shape index (κ2) is 4.98. The predicted molar refractivity (Wildman–Crippen MR) is 59.8 cm³/mol. The maximum absolute atomic E-state index is 5.64. The van der Waals surface area contributed by atoms with Gasteiger partial charge in [-0.05, 0) is 25.5 Å². The first-order valence-electron chi connectivity index (χ1n) is 5.42. The molecule has 0 aliphatic carbocycles. The van der Waals surface area contributed by atoms with Crippen LogP contribution in [0.1, 0.15) is 19.3 Å². The van der Waals surface area contributed by atoms with Crippen molar-refractivity contribution in [1.82, 2.24) is 10.3 Å². The van der Waals surface area contributed by atoms with Crippen molar-refractivity contribution in [1.29, 1.82) is 0 Å². The van der Waals surface area contributed by atoms with Crippen LogP contribution in [-0.2, 0) is 0 Å². The lowest BCUT2D eigenvalue weighted by Gasteiger charge is -2.23. The van der Waals surface area contributed by atoms with Crippen LogP contribution in [0.4, 0.5) is 5.82 Å². The van der Waals surface area contributed by atoms with E-state index in [0.29, 0.717) is 18.5 Å². The predicted octanol–water partition coefficient (Wildman–Crippen LogP) is 1.18. The summed E-state index contributed by atoms with van der Waals surface area (Å²) in [7, 11) is 0. The maximum Gasteiger partial charge on any atom is 0.126 e. The fourth-order valence-electron chi connectivity index (χ4n) is 1.78. The van der Waals surface area contributed by atoms with E-state index in [1.807, 2.05) is 6.07 Å². The number of rotatable bonds is 3. The molecule has 15 heavy (non-hydrogen) atoms. The van der Waals surface area contributed by atoms with Crippen molar-refractivity contribution in [2.45, 2.75) is 25.3 Å². The number of aromatic nitrogens is 1. The van der Waals surface area contributed by atoms with Crippen molar-refractivity contribution in [2.75, 3.05) is 18.9 Å². The molecule has 1 aromatic heterocycles. The Balaban J connectivity index is 1.81. The Kier molecular flexibility index (Phi) is 3.40. The van der Waals surface area contributed by atoms with Crippen LogP contribution in [0.15, 0.2) is 18.3 Å². The first-order chi connectivity index (χ1) is 7.34. The SMILES string of the molecule is Nc1cc(OCC2CCCCN2)ccn1. The number of pyridine rings is 1. The molecule has 4 heteroatoms. The van der Waals surface area contributed by atoms with Gasteiger partial charge < -0.3 is 15.8 Å². The molecule has 1 aromatic rings. The molecule has 1 aliphatic rings. The second-order valence-corrected chi connectivity index (χ2v) is 3.87. The van der Waals surface area contributed by atoms with Crippen LogP contribution in [0.25, 0.3) is 0 Å². The lowest BCUT2D eigenvalue weighted by atomic mass is 10.1. The van der Waals surface area contributed by atoms with E-state index in [9.17, 15) is 0 Å². The van der Waals surface area contributed by atoms with Gasteiger partial charge in [-0.2, -0.15) is 0 Å². The third-order valence-corrected chi connectivity index (χ3v) is 2.62. The van der Waals surface area contributed by atoms with Crippen LogP contribution in [0, 0.1) is 0 Å². The highest BCUT2D eigenvalue weighted by atomic mass is 16.5. The number of anilines is 1. The Morgan fingerprint density at radius 1 is 1.53 bits per heavy atom. The molecule has 1 unspecified atom stereocenters. The van der Waals surface area contributed by atoms with Crippen LogP contribution in [0.3, 0.4) is 0 Å². The van der Waals surface area contributed by atoms with Crippen molar-refractivity contribution in [3.05, 3.63) is 18.3 Å². The van der Waals surface area contributed by atoms with Gasteiger partial charge in [0, 0.05) is 18.3 Å². The Hall–Kier alpha value is -1.29. The zero-order valence-corrected chi connectivity index (χ0v) is 8.78. The molecule has 3 N–H and O–H groups in total. The van der Waals surface area contributed by atoms with Crippen LogP contribution in [0.5, 0.6) is 5.75 Å². The summed E-state index contributed by atoms with van der Waals surface area (Å²) in [5.41, 5.74) is 5.56. The minimum atomic E-state index is 0.480. The summed E-state index contributed by atoms with van der Waals surface area (Å²) in [6, 6.07) is 4.07. The van der Waals surface area contributed by atoms with E-state index < -0.39 is 0 Å². The van der Waals surface area contributed by atoms with Gasteiger partial charge >= 0.3 is 0 Å². The highest BCUT2D eigenvalue weighted by molar-refractivity contribution is 5.35. The molecule has 0 saturated carbocycles. The standard InChI is InChI=1S/C11H17N3O/c12-11-7-10(4-6-14-11)15-8-9-3-1-2-5-13-9/h4,6-7,9,13H,1-3,5,8H2,(H2,12,14). The van der Waals surface area contributed by atoms with Crippen LogP contribution < -0.4 is 15.8 Å². The maximum atomic E-state index is 5.64. The topological polar surface area (TPSA) is 60.2 Å². The quantitative estimate of drug-likeness (QED) is 0.781. The third kappa shape index (κ3) is 3.09. The van der Waals surface area contributed by atoms with E-state index in [4.69, 9.17) is 10.5 Å². The van der Waals surface area contributed by atoms with Gasteiger partial charge in [-0.25, -0.2) is 4.98 Å². The number of piperidine rings is 1. The fraction of sp³-hybridized carbons (Fsp3) is 0.545. The van der Waals surface area contributed by atoms with Crippen LogP contribution >= 0.6 is 0 Å². The number of ether oxygens (including phenoxy) is 1. The molecule has 0 spiro atoms. The molecule has 0 radical (unpaired) electrons. The van der Waals surface area contributed by atoms with Gasteiger partial charge in [0.2, 0.25) is 0 Å². The van der Waals surface area contributed by atoms with Gasteiger partial charge in [-0.3, -0.25) is 0 Å². The Morgan fingerprint density at radius 2 is 2.47 bits per heavy atom. The molecule has 1 saturated heterocycles. The Bertz CT molecular complexity index is 310. The Morgan fingerprint density at radius 3 is 3.20 bits per heavy atom. The van der Waals surface area contributed by atoms with Crippen LogP contribution in [-0.4, -0.2) is 24.2 Å². The molecule has 0 amide bonds. The number of nitrogens with one attached hydrogen (secondary N) is 1. The first kappa shape index (κ1) is 10.2. The van der Waals surface area contributed by atoms with Gasteiger partial charge in [0.25, 0.3) is 0 Å². The summed E-state index contributed by atoms with van der Waals surface area (Å²) in [6.07, 6.45) is 5.43. The van der Waals surface area contributed by atoms with Crippen molar-refractivity contribution in [3.63, 3.8) is 0 Å². The zero-order valence-electron chi connectivity index (χ0n) is 8.78. The first-order valence-corrected chi connectivity index (χ1v) is 5.42. The minimum absolute atomic E-state index is 0.480. The summed E-state index contributed by atoms with van der Waals surface area (Å²) in [5, 5.41) is 3.43. The van der Waals surface area contributed by atoms with Gasteiger partial charge in [-0.1, -0.05) is 6.42 Å². The van der Waals surface area contributed by atoms with E-state index in [1.165, 1.54) is 19.3 Å². The van der Waals surface area contributed by atoms with E-state index >= 15 is 0 Å². The summed E-state index contributed by atoms with van der Waals surface area (Å²) < 4.78 is 5.64. The van der Waals surface area contributed by atoms with E-state index in [0.717, 1.165) is 12.3 Å². The molecular weight excluding hydrogens is 190 g/mol. The number of nitrogen functional groups attached to an aromatic ring is 1. The smallest absolute Gasteiger partial charge is 0.126 e. The van der Waals surface area contributed by atoms with E-state index in [-0.39, 0.29) is 0 Å². The number of nitrogens with two attached hydrogens (primary N) is 1. The molecule has 82 valence electrons.